The summed E-state index contributed by atoms with van der Waals surface area (Å²) >= 11 is 0. The van der Waals surface area contributed by atoms with Crippen LogP contribution in [-0.2, 0) is 0 Å². The predicted octanol–water partition coefficient (Wildman–Crippen LogP) is 3.55. The number of halogens is 1. The Morgan fingerprint density at radius 2 is 1.89 bits per heavy atom. The monoisotopic (exact) mass is 256 g/mol. The van der Waals surface area contributed by atoms with Gasteiger partial charge in [0.2, 0.25) is 0 Å². The molecule has 1 unspecified atom stereocenters. The Morgan fingerprint density at radius 1 is 1.16 bits per heavy atom. The number of ether oxygens (including phenoxy) is 1. The summed E-state index contributed by atoms with van der Waals surface area (Å²) in [5, 5.41) is 0. The van der Waals surface area contributed by atoms with Crippen LogP contribution < -0.4 is 4.74 Å². The molecule has 0 bridgehead atoms. The van der Waals surface area contributed by atoms with Crippen LogP contribution in [0.3, 0.4) is 0 Å². The van der Waals surface area contributed by atoms with Crippen molar-refractivity contribution in [2.24, 2.45) is 0 Å². The Hall–Kier alpha value is -2.16. The summed E-state index contributed by atoms with van der Waals surface area (Å²) in [5.74, 6) is 0.436. The molecule has 1 atom stereocenters. The number of carbonyl (C=O) groups is 1. The number of fused-ring (bicyclic) bond motifs is 1. The quantitative estimate of drug-likeness (QED) is 0.821. The van der Waals surface area contributed by atoms with Crippen LogP contribution in [0.25, 0.3) is 0 Å². The molecular formula is C16H13FO2. The molecule has 0 N–H and O–H groups in total. The first-order valence-corrected chi connectivity index (χ1v) is 6.16. The molecule has 3 heteroatoms. The smallest absolute Gasteiger partial charge is 0.167 e. The second-order valence-electron chi connectivity index (χ2n) is 4.66. The largest absolute Gasteiger partial charge is 0.496 e. The summed E-state index contributed by atoms with van der Waals surface area (Å²) in [6, 6.07) is 12.0. The number of rotatable bonds is 2. The van der Waals surface area contributed by atoms with E-state index in [9.17, 15) is 9.18 Å². The second kappa shape index (κ2) is 4.50. The van der Waals surface area contributed by atoms with E-state index in [1.54, 1.807) is 25.3 Å². The summed E-state index contributed by atoms with van der Waals surface area (Å²) in [7, 11) is 1.56. The molecule has 1 aliphatic rings. The Labute approximate surface area is 110 Å². The lowest BCUT2D eigenvalue weighted by Gasteiger charge is -2.12. The molecular weight excluding hydrogens is 243 g/mol. The van der Waals surface area contributed by atoms with Crippen molar-refractivity contribution in [3.05, 3.63) is 65.0 Å². The molecule has 1 aliphatic carbocycles. The van der Waals surface area contributed by atoms with Crippen molar-refractivity contribution in [1.82, 2.24) is 0 Å². The number of hydrogen-bond acceptors (Lipinski definition) is 2. The van der Waals surface area contributed by atoms with Gasteiger partial charge in [-0.15, -0.1) is 0 Å². The van der Waals surface area contributed by atoms with E-state index in [0.717, 1.165) is 11.1 Å². The van der Waals surface area contributed by atoms with Gasteiger partial charge in [0.1, 0.15) is 11.6 Å². The third kappa shape index (κ3) is 1.91. The van der Waals surface area contributed by atoms with Gasteiger partial charge in [0.15, 0.2) is 5.78 Å². The molecule has 0 aromatic heterocycles. The van der Waals surface area contributed by atoms with Gasteiger partial charge in [-0.05, 0) is 29.3 Å². The highest BCUT2D eigenvalue weighted by atomic mass is 19.1. The summed E-state index contributed by atoms with van der Waals surface area (Å²) in [6.45, 7) is 0. The van der Waals surface area contributed by atoms with Crippen LogP contribution in [0.2, 0.25) is 0 Å². The lowest BCUT2D eigenvalue weighted by molar-refractivity contribution is 0.0989. The fourth-order valence-electron chi connectivity index (χ4n) is 2.70. The van der Waals surface area contributed by atoms with Crippen molar-refractivity contribution in [1.29, 1.82) is 0 Å². The van der Waals surface area contributed by atoms with Gasteiger partial charge in [0.25, 0.3) is 0 Å². The van der Waals surface area contributed by atoms with E-state index in [1.165, 1.54) is 12.1 Å². The fraction of sp³-hybridized carbons (Fsp3) is 0.188. The van der Waals surface area contributed by atoms with Gasteiger partial charge in [-0.1, -0.05) is 24.3 Å². The maximum absolute atomic E-state index is 13.0. The molecule has 2 aromatic rings. The minimum atomic E-state index is -0.265. The minimum Gasteiger partial charge on any atom is -0.496 e. The van der Waals surface area contributed by atoms with E-state index in [2.05, 4.69) is 0 Å². The third-order valence-electron chi connectivity index (χ3n) is 3.59. The van der Waals surface area contributed by atoms with Crippen molar-refractivity contribution in [3.8, 4) is 5.75 Å². The van der Waals surface area contributed by atoms with Gasteiger partial charge >= 0.3 is 0 Å². The molecule has 3 rings (SSSR count). The van der Waals surface area contributed by atoms with E-state index in [4.69, 9.17) is 4.74 Å². The van der Waals surface area contributed by atoms with E-state index in [-0.39, 0.29) is 17.5 Å². The number of benzene rings is 2. The average Bonchev–Trinajstić information content (AvgIpc) is 2.77. The zero-order chi connectivity index (χ0) is 13.4. The fourth-order valence-corrected chi connectivity index (χ4v) is 2.70. The van der Waals surface area contributed by atoms with Gasteiger partial charge in [-0.25, -0.2) is 4.39 Å². The first-order valence-electron chi connectivity index (χ1n) is 6.16. The Kier molecular flexibility index (Phi) is 2.82. The summed E-state index contributed by atoms with van der Waals surface area (Å²) in [5.41, 5.74) is 2.59. The topological polar surface area (TPSA) is 26.3 Å². The van der Waals surface area contributed by atoms with Gasteiger partial charge < -0.3 is 4.74 Å². The van der Waals surface area contributed by atoms with Gasteiger partial charge in [-0.2, -0.15) is 0 Å². The number of carbonyl (C=O) groups excluding carboxylic acids is 1. The molecule has 0 radical (unpaired) electrons. The molecule has 0 heterocycles. The summed E-state index contributed by atoms with van der Waals surface area (Å²) < 4.78 is 18.2. The first kappa shape index (κ1) is 11.9. The highest BCUT2D eigenvalue weighted by molar-refractivity contribution is 6.04. The Morgan fingerprint density at radius 3 is 2.58 bits per heavy atom. The van der Waals surface area contributed by atoms with E-state index < -0.39 is 0 Å². The molecule has 0 aliphatic heterocycles. The maximum Gasteiger partial charge on any atom is 0.167 e. The van der Waals surface area contributed by atoms with Crippen LogP contribution in [0, 0.1) is 5.82 Å². The molecule has 0 amide bonds. The predicted molar refractivity (Wildman–Crippen MR) is 70.2 cm³/mol. The van der Waals surface area contributed by atoms with E-state index in [1.807, 2.05) is 12.1 Å². The van der Waals surface area contributed by atoms with Crippen molar-refractivity contribution in [2.75, 3.05) is 7.11 Å². The maximum atomic E-state index is 13.0. The molecule has 19 heavy (non-hydrogen) atoms. The highest BCUT2D eigenvalue weighted by Crippen LogP contribution is 2.41. The Bertz CT molecular complexity index is 632. The number of hydrogen-bond donors (Lipinski definition) is 0. The zero-order valence-electron chi connectivity index (χ0n) is 10.5. The first-order chi connectivity index (χ1) is 9.20. The van der Waals surface area contributed by atoms with Gasteiger partial charge in [-0.3, -0.25) is 4.79 Å². The van der Waals surface area contributed by atoms with Crippen molar-refractivity contribution >= 4 is 5.78 Å². The lowest BCUT2D eigenvalue weighted by Crippen LogP contribution is -1.96. The van der Waals surface area contributed by atoms with Gasteiger partial charge in [0.05, 0.1) is 12.7 Å². The summed E-state index contributed by atoms with van der Waals surface area (Å²) in [6.07, 6.45) is 0.418. The molecule has 0 saturated heterocycles. The molecule has 0 fully saturated rings. The number of Topliss-reactive ketones (excluding diaryl/α,β-unsaturated/α-hetero) is 1. The van der Waals surface area contributed by atoms with Crippen molar-refractivity contribution in [2.45, 2.75) is 12.3 Å². The number of methoxy groups -OCH3 is 1. The second-order valence-corrected chi connectivity index (χ2v) is 4.66. The van der Waals surface area contributed by atoms with Crippen LogP contribution in [0.15, 0.2) is 42.5 Å². The molecule has 2 nitrogen and oxygen atoms in total. The van der Waals surface area contributed by atoms with E-state index in [0.29, 0.717) is 17.7 Å². The van der Waals surface area contributed by atoms with Gasteiger partial charge in [0, 0.05) is 12.3 Å². The van der Waals surface area contributed by atoms with Crippen LogP contribution in [0.1, 0.15) is 33.8 Å². The van der Waals surface area contributed by atoms with Crippen LogP contribution >= 0.6 is 0 Å². The molecule has 2 aromatic carbocycles. The lowest BCUT2D eigenvalue weighted by atomic mass is 9.93. The third-order valence-corrected chi connectivity index (χ3v) is 3.59. The SMILES string of the molecule is COc1cccc2c1C(=O)CC2c1ccc(F)cc1. The minimum absolute atomic E-state index is 0.00167. The standard InChI is InChI=1S/C16H13FO2/c1-19-15-4-2-3-12-13(9-14(18)16(12)15)10-5-7-11(17)8-6-10/h2-8,13H,9H2,1H3. The van der Waals surface area contributed by atoms with Crippen molar-refractivity contribution < 1.29 is 13.9 Å². The summed E-state index contributed by atoms with van der Waals surface area (Å²) in [4.78, 5) is 12.1. The van der Waals surface area contributed by atoms with Crippen LogP contribution in [0.5, 0.6) is 5.75 Å². The normalized spacial score (nSPS) is 17.4. The van der Waals surface area contributed by atoms with E-state index >= 15 is 0 Å². The van der Waals surface area contributed by atoms with Crippen molar-refractivity contribution in [3.63, 3.8) is 0 Å². The Balaban J connectivity index is 2.10. The van der Waals surface area contributed by atoms with Crippen LogP contribution in [0.4, 0.5) is 4.39 Å². The molecule has 0 saturated carbocycles. The highest BCUT2D eigenvalue weighted by Gasteiger charge is 2.32. The van der Waals surface area contributed by atoms with Crippen LogP contribution in [-0.4, -0.2) is 12.9 Å². The molecule has 0 spiro atoms. The zero-order valence-corrected chi connectivity index (χ0v) is 10.5. The molecule has 96 valence electrons. The average molecular weight is 256 g/mol. The number of ketones is 1.